The van der Waals surface area contributed by atoms with Crippen molar-refractivity contribution in [2.45, 2.75) is 18.4 Å². The van der Waals surface area contributed by atoms with Crippen LogP contribution in [0.15, 0.2) is 42.6 Å². The van der Waals surface area contributed by atoms with Gasteiger partial charge in [0, 0.05) is 42.7 Å². The fourth-order valence-electron chi connectivity index (χ4n) is 2.85. The first-order valence-electron chi connectivity index (χ1n) is 8.30. The van der Waals surface area contributed by atoms with Crippen molar-refractivity contribution < 1.29 is 14.6 Å². The predicted molar refractivity (Wildman–Crippen MR) is 99.2 cm³/mol. The lowest BCUT2D eigenvalue weighted by atomic mass is 9.91. The Hall–Kier alpha value is -2.55. The number of aliphatic hydroxyl groups is 1. The summed E-state index contributed by atoms with van der Waals surface area (Å²) in [5.74, 6) is 6.06. The molecule has 0 radical (unpaired) electrons. The zero-order valence-electron chi connectivity index (χ0n) is 14.4. The quantitative estimate of drug-likeness (QED) is 0.826. The molecule has 0 unspecified atom stereocenters. The number of likely N-dealkylation sites (tertiary alicyclic amines) is 1. The molecule has 1 saturated heterocycles. The number of hydrogen-bond donors (Lipinski definition) is 1. The van der Waals surface area contributed by atoms with Crippen molar-refractivity contribution in [2.24, 2.45) is 0 Å². The van der Waals surface area contributed by atoms with Gasteiger partial charge in [0.15, 0.2) is 0 Å². The molecule has 1 aliphatic heterocycles. The monoisotopic (exact) mass is 370 g/mol. The van der Waals surface area contributed by atoms with Gasteiger partial charge in [-0.05, 0) is 30.3 Å². The zero-order valence-corrected chi connectivity index (χ0v) is 15.2. The minimum atomic E-state index is -1.11. The first-order valence-corrected chi connectivity index (χ1v) is 8.68. The largest absolute Gasteiger partial charge is 0.480 e. The molecule has 2 heterocycles. The van der Waals surface area contributed by atoms with Gasteiger partial charge in [0.1, 0.15) is 11.2 Å². The molecule has 0 aliphatic carbocycles. The van der Waals surface area contributed by atoms with E-state index in [1.807, 2.05) is 12.1 Å². The highest BCUT2D eigenvalue weighted by molar-refractivity contribution is 6.30. The lowest BCUT2D eigenvalue weighted by molar-refractivity contribution is 0.0247. The van der Waals surface area contributed by atoms with Crippen molar-refractivity contribution >= 4 is 17.5 Å². The van der Waals surface area contributed by atoms with Crippen LogP contribution >= 0.6 is 11.6 Å². The number of amides is 1. The predicted octanol–water partition coefficient (Wildman–Crippen LogP) is 2.76. The van der Waals surface area contributed by atoms with E-state index >= 15 is 0 Å². The second-order valence-electron chi connectivity index (χ2n) is 6.14. The van der Waals surface area contributed by atoms with Gasteiger partial charge in [-0.3, -0.25) is 4.79 Å². The Bertz CT molecular complexity index is 865. The number of halogens is 1. The van der Waals surface area contributed by atoms with Crippen LogP contribution in [-0.2, 0) is 0 Å². The van der Waals surface area contributed by atoms with Crippen LogP contribution in [-0.4, -0.2) is 46.7 Å². The summed E-state index contributed by atoms with van der Waals surface area (Å²) in [7, 11) is 1.49. The average Bonchev–Trinajstić information content (AvgIpc) is 2.67. The van der Waals surface area contributed by atoms with Gasteiger partial charge in [0.2, 0.25) is 5.88 Å². The molecule has 1 fully saturated rings. The lowest BCUT2D eigenvalue weighted by Gasteiger charge is -2.35. The fraction of sp³-hybridized carbons (Fsp3) is 0.300. The third kappa shape index (κ3) is 4.16. The molecule has 1 aromatic carbocycles. The summed E-state index contributed by atoms with van der Waals surface area (Å²) in [6.07, 6.45) is 2.35. The molecule has 1 aromatic heterocycles. The summed E-state index contributed by atoms with van der Waals surface area (Å²) in [6, 6.07) is 10.6. The van der Waals surface area contributed by atoms with E-state index in [0.717, 1.165) is 5.56 Å². The number of methoxy groups -OCH3 is 1. The number of ether oxygens (including phenoxy) is 1. The van der Waals surface area contributed by atoms with E-state index in [1.165, 1.54) is 7.11 Å². The van der Waals surface area contributed by atoms with Crippen LogP contribution in [0.25, 0.3) is 0 Å². The van der Waals surface area contributed by atoms with Crippen LogP contribution in [0.3, 0.4) is 0 Å². The molecule has 0 spiro atoms. The number of nitrogens with zero attached hydrogens (tertiary/aromatic N) is 2. The number of piperidine rings is 1. The number of rotatable bonds is 2. The van der Waals surface area contributed by atoms with E-state index in [4.69, 9.17) is 16.3 Å². The summed E-state index contributed by atoms with van der Waals surface area (Å²) in [5, 5.41) is 11.3. The summed E-state index contributed by atoms with van der Waals surface area (Å²) in [6.45, 7) is 0.829. The standard InChI is InChI=1S/C20H19ClN2O3/c1-26-18-17(6-3-11-22-18)19(24)23-12-9-20(25,10-13-23)8-7-15-4-2-5-16(21)14-15/h2-6,11,14,25H,9-10,12-13H2,1H3. The molecule has 1 N–H and O–H groups in total. The molecular weight excluding hydrogens is 352 g/mol. The number of carbonyl (C=O) groups is 1. The maximum absolute atomic E-state index is 12.7. The number of pyridine rings is 1. The fourth-order valence-corrected chi connectivity index (χ4v) is 3.04. The summed E-state index contributed by atoms with van der Waals surface area (Å²) >= 11 is 5.95. The van der Waals surface area contributed by atoms with Crippen molar-refractivity contribution in [3.05, 3.63) is 58.7 Å². The Balaban J connectivity index is 1.68. The minimum Gasteiger partial charge on any atom is -0.480 e. The lowest BCUT2D eigenvalue weighted by Crippen LogP contribution is -2.46. The van der Waals surface area contributed by atoms with Crippen molar-refractivity contribution in [3.63, 3.8) is 0 Å². The SMILES string of the molecule is COc1ncccc1C(=O)N1CCC(O)(C#Cc2cccc(Cl)c2)CC1. The normalized spacial score (nSPS) is 15.7. The number of aromatic nitrogens is 1. The molecular formula is C20H19ClN2O3. The average molecular weight is 371 g/mol. The van der Waals surface area contributed by atoms with Gasteiger partial charge in [-0.25, -0.2) is 4.98 Å². The van der Waals surface area contributed by atoms with E-state index in [1.54, 1.807) is 35.4 Å². The first-order chi connectivity index (χ1) is 12.5. The Morgan fingerprint density at radius 2 is 2.08 bits per heavy atom. The van der Waals surface area contributed by atoms with Gasteiger partial charge < -0.3 is 14.7 Å². The highest BCUT2D eigenvalue weighted by Crippen LogP contribution is 2.25. The minimum absolute atomic E-state index is 0.153. The number of carbonyl (C=O) groups excluding carboxylic acids is 1. The van der Waals surface area contributed by atoms with Crippen molar-refractivity contribution in [2.75, 3.05) is 20.2 Å². The van der Waals surface area contributed by atoms with Gasteiger partial charge in [-0.1, -0.05) is 29.5 Å². The summed E-state index contributed by atoms with van der Waals surface area (Å²) < 4.78 is 5.15. The molecule has 2 aromatic rings. The van der Waals surface area contributed by atoms with E-state index in [2.05, 4.69) is 16.8 Å². The van der Waals surface area contributed by atoms with Crippen LogP contribution in [0.2, 0.25) is 5.02 Å². The van der Waals surface area contributed by atoms with E-state index in [-0.39, 0.29) is 5.91 Å². The molecule has 0 saturated carbocycles. The topological polar surface area (TPSA) is 62.7 Å². The smallest absolute Gasteiger partial charge is 0.259 e. The molecule has 6 heteroatoms. The van der Waals surface area contributed by atoms with Gasteiger partial charge in [0.25, 0.3) is 5.91 Å². The van der Waals surface area contributed by atoms with Crippen molar-refractivity contribution in [3.8, 4) is 17.7 Å². The zero-order chi connectivity index (χ0) is 18.6. The second kappa shape index (κ2) is 7.77. The summed E-state index contributed by atoms with van der Waals surface area (Å²) in [5.41, 5.74) is 0.0629. The summed E-state index contributed by atoms with van der Waals surface area (Å²) in [4.78, 5) is 18.4. The van der Waals surface area contributed by atoms with Crippen molar-refractivity contribution in [1.29, 1.82) is 0 Å². The molecule has 1 amide bonds. The van der Waals surface area contributed by atoms with Crippen LogP contribution in [0.5, 0.6) is 5.88 Å². The van der Waals surface area contributed by atoms with E-state index in [0.29, 0.717) is 42.4 Å². The van der Waals surface area contributed by atoms with Crippen molar-refractivity contribution in [1.82, 2.24) is 9.88 Å². The third-order valence-corrected chi connectivity index (χ3v) is 4.57. The third-order valence-electron chi connectivity index (χ3n) is 4.34. The van der Waals surface area contributed by atoms with Gasteiger partial charge in [-0.15, -0.1) is 0 Å². The molecule has 3 rings (SSSR count). The molecule has 0 bridgehead atoms. The van der Waals surface area contributed by atoms with Crippen LogP contribution in [0.4, 0.5) is 0 Å². The molecule has 134 valence electrons. The highest BCUT2D eigenvalue weighted by atomic mass is 35.5. The van der Waals surface area contributed by atoms with Gasteiger partial charge >= 0.3 is 0 Å². The maximum atomic E-state index is 12.7. The number of hydrogen-bond acceptors (Lipinski definition) is 4. The Kier molecular flexibility index (Phi) is 5.46. The van der Waals surface area contributed by atoms with Crippen LogP contribution in [0, 0.1) is 11.8 Å². The van der Waals surface area contributed by atoms with Crippen LogP contribution < -0.4 is 4.74 Å². The molecule has 0 atom stereocenters. The maximum Gasteiger partial charge on any atom is 0.259 e. The Labute approximate surface area is 157 Å². The molecule has 26 heavy (non-hydrogen) atoms. The Morgan fingerprint density at radius 3 is 2.77 bits per heavy atom. The molecule has 1 aliphatic rings. The highest BCUT2D eigenvalue weighted by Gasteiger charge is 2.33. The van der Waals surface area contributed by atoms with Gasteiger partial charge in [0.05, 0.1) is 7.11 Å². The Morgan fingerprint density at radius 1 is 1.31 bits per heavy atom. The number of benzene rings is 1. The van der Waals surface area contributed by atoms with E-state index < -0.39 is 5.60 Å². The van der Waals surface area contributed by atoms with Crippen LogP contribution in [0.1, 0.15) is 28.8 Å². The van der Waals surface area contributed by atoms with Gasteiger partial charge in [-0.2, -0.15) is 0 Å². The second-order valence-corrected chi connectivity index (χ2v) is 6.58. The first kappa shape index (κ1) is 18.2. The molecule has 5 nitrogen and oxygen atoms in total. The van der Waals surface area contributed by atoms with E-state index in [9.17, 15) is 9.90 Å².